The first-order chi connectivity index (χ1) is 9.90. The van der Waals surface area contributed by atoms with Crippen LogP contribution in [0.5, 0.6) is 0 Å². The summed E-state index contributed by atoms with van der Waals surface area (Å²) in [4.78, 5) is 11.7. The van der Waals surface area contributed by atoms with Crippen LogP contribution in [0.25, 0.3) is 0 Å². The Balaban J connectivity index is 2.27. The van der Waals surface area contributed by atoms with Gasteiger partial charge in [0.15, 0.2) is 0 Å². The minimum atomic E-state index is -0.478. The fraction of sp³-hybridized carbons (Fsp3) is 0.588. The summed E-state index contributed by atoms with van der Waals surface area (Å²) in [6.45, 7) is 6.73. The Bertz CT molecular complexity index is 412. The molecule has 0 aromatic heterocycles. The molecular formula is C17H27NO3. The lowest BCUT2D eigenvalue weighted by Gasteiger charge is -2.20. The fourth-order valence-electron chi connectivity index (χ4n) is 2.02. The van der Waals surface area contributed by atoms with E-state index in [4.69, 9.17) is 4.74 Å². The second-order valence-electron chi connectivity index (χ2n) is 6.54. The largest absolute Gasteiger partial charge is 0.445 e. The number of aliphatic hydroxyl groups is 1. The Labute approximate surface area is 127 Å². The number of amides is 1. The topological polar surface area (TPSA) is 58.6 Å². The van der Waals surface area contributed by atoms with Crippen LogP contribution in [0.15, 0.2) is 30.3 Å². The maximum Gasteiger partial charge on any atom is 0.407 e. The summed E-state index contributed by atoms with van der Waals surface area (Å²) < 4.78 is 5.15. The number of rotatable bonds is 7. The normalized spacial score (nSPS) is 12.8. The molecule has 0 fully saturated rings. The first kappa shape index (κ1) is 17.5. The van der Waals surface area contributed by atoms with Crippen molar-refractivity contribution in [1.82, 2.24) is 5.32 Å². The molecule has 0 radical (unpaired) electrons. The van der Waals surface area contributed by atoms with E-state index in [0.717, 1.165) is 24.8 Å². The van der Waals surface area contributed by atoms with Crippen molar-refractivity contribution in [3.63, 3.8) is 0 Å². The molecule has 0 unspecified atom stereocenters. The van der Waals surface area contributed by atoms with Crippen LogP contribution >= 0.6 is 0 Å². The number of carbonyl (C=O) groups is 1. The SMILES string of the molecule is CC(C)(C)CCC[C@@H](CO)NC(=O)OCc1ccccc1. The van der Waals surface area contributed by atoms with Gasteiger partial charge in [-0.25, -0.2) is 4.79 Å². The molecule has 0 spiro atoms. The number of carbonyl (C=O) groups excluding carboxylic acids is 1. The third-order valence-electron chi connectivity index (χ3n) is 3.23. The van der Waals surface area contributed by atoms with Crippen molar-refractivity contribution in [3.05, 3.63) is 35.9 Å². The standard InChI is InChI=1S/C17H27NO3/c1-17(2,3)11-7-10-15(12-19)18-16(20)21-13-14-8-5-4-6-9-14/h4-6,8-9,15,19H,7,10-13H2,1-3H3,(H,18,20)/t15-/m0/s1. The van der Waals surface area contributed by atoms with E-state index >= 15 is 0 Å². The molecule has 0 bridgehead atoms. The lowest BCUT2D eigenvalue weighted by Crippen LogP contribution is -2.37. The summed E-state index contributed by atoms with van der Waals surface area (Å²) in [5, 5.41) is 12.0. The van der Waals surface area contributed by atoms with Crippen LogP contribution in [0.4, 0.5) is 4.79 Å². The molecule has 1 aromatic rings. The Morgan fingerprint density at radius 3 is 2.52 bits per heavy atom. The highest BCUT2D eigenvalue weighted by molar-refractivity contribution is 5.67. The van der Waals surface area contributed by atoms with E-state index in [1.54, 1.807) is 0 Å². The predicted molar refractivity (Wildman–Crippen MR) is 83.9 cm³/mol. The van der Waals surface area contributed by atoms with E-state index in [-0.39, 0.29) is 24.7 Å². The minimum Gasteiger partial charge on any atom is -0.445 e. The Morgan fingerprint density at radius 2 is 1.95 bits per heavy atom. The Hall–Kier alpha value is -1.55. The monoisotopic (exact) mass is 293 g/mol. The van der Waals surface area contributed by atoms with Gasteiger partial charge in [-0.2, -0.15) is 0 Å². The second kappa shape index (κ2) is 8.67. The average Bonchev–Trinajstić information content (AvgIpc) is 2.44. The van der Waals surface area contributed by atoms with E-state index in [9.17, 15) is 9.90 Å². The zero-order valence-electron chi connectivity index (χ0n) is 13.3. The molecule has 2 N–H and O–H groups in total. The molecular weight excluding hydrogens is 266 g/mol. The van der Waals surface area contributed by atoms with Crippen molar-refractivity contribution in [2.45, 2.75) is 52.7 Å². The summed E-state index contributed by atoms with van der Waals surface area (Å²) in [6, 6.07) is 9.29. The van der Waals surface area contributed by atoms with Crippen LogP contribution in [0.1, 0.15) is 45.6 Å². The molecule has 1 rings (SSSR count). The van der Waals surface area contributed by atoms with Gasteiger partial charge in [-0.15, -0.1) is 0 Å². The number of hydrogen-bond donors (Lipinski definition) is 2. The summed E-state index contributed by atoms with van der Waals surface area (Å²) in [6.07, 6.45) is 2.31. The van der Waals surface area contributed by atoms with Gasteiger partial charge < -0.3 is 15.2 Å². The molecule has 0 saturated carbocycles. The smallest absolute Gasteiger partial charge is 0.407 e. The molecule has 118 valence electrons. The molecule has 1 aromatic carbocycles. The third-order valence-corrected chi connectivity index (χ3v) is 3.23. The molecule has 0 aliphatic rings. The number of ether oxygens (including phenoxy) is 1. The lowest BCUT2D eigenvalue weighted by atomic mass is 9.89. The molecule has 21 heavy (non-hydrogen) atoms. The number of aliphatic hydroxyl groups excluding tert-OH is 1. The summed E-state index contributed by atoms with van der Waals surface area (Å²) in [5.74, 6) is 0. The zero-order chi connectivity index (χ0) is 15.7. The number of alkyl carbamates (subject to hydrolysis) is 1. The van der Waals surface area contributed by atoms with Crippen LogP contribution in [0.2, 0.25) is 0 Å². The summed E-state index contributed by atoms with van der Waals surface area (Å²) >= 11 is 0. The van der Waals surface area contributed by atoms with E-state index in [0.29, 0.717) is 0 Å². The van der Waals surface area contributed by atoms with Gasteiger partial charge >= 0.3 is 6.09 Å². The molecule has 1 atom stereocenters. The van der Waals surface area contributed by atoms with Crippen molar-refractivity contribution in [2.75, 3.05) is 6.61 Å². The number of hydrogen-bond acceptors (Lipinski definition) is 3. The van der Waals surface area contributed by atoms with Crippen molar-refractivity contribution in [1.29, 1.82) is 0 Å². The lowest BCUT2D eigenvalue weighted by molar-refractivity contribution is 0.127. The Kier molecular flexibility index (Phi) is 7.23. The van der Waals surface area contributed by atoms with Crippen LogP contribution < -0.4 is 5.32 Å². The van der Waals surface area contributed by atoms with Crippen molar-refractivity contribution in [2.24, 2.45) is 5.41 Å². The third kappa shape index (κ3) is 8.35. The molecule has 1 amide bonds. The van der Waals surface area contributed by atoms with Crippen molar-refractivity contribution < 1.29 is 14.6 Å². The first-order valence-corrected chi connectivity index (χ1v) is 7.49. The molecule has 0 aliphatic carbocycles. The van der Waals surface area contributed by atoms with Crippen LogP contribution in [0, 0.1) is 5.41 Å². The zero-order valence-corrected chi connectivity index (χ0v) is 13.3. The first-order valence-electron chi connectivity index (χ1n) is 7.49. The maximum atomic E-state index is 11.7. The van der Waals surface area contributed by atoms with Gasteiger partial charge in [0.1, 0.15) is 6.61 Å². The fourth-order valence-corrected chi connectivity index (χ4v) is 2.02. The van der Waals surface area contributed by atoms with Crippen LogP contribution in [-0.4, -0.2) is 23.8 Å². The van der Waals surface area contributed by atoms with E-state index in [1.165, 1.54) is 0 Å². The van der Waals surface area contributed by atoms with Gasteiger partial charge in [0.2, 0.25) is 0 Å². The minimum absolute atomic E-state index is 0.0649. The van der Waals surface area contributed by atoms with Crippen LogP contribution in [0.3, 0.4) is 0 Å². The van der Waals surface area contributed by atoms with Crippen molar-refractivity contribution in [3.8, 4) is 0 Å². The second-order valence-corrected chi connectivity index (χ2v) is 6.54. The number of nitrogens with one attached hydrogen (secondary N) is 1. The average molecular weight is 293 g/mol. The maximum absolute atomic E-state index is 11.7. The van der Waals surface area contributed by atoms with Gasteiger partial charge in [0.25, 0.3) is 0 Å². The van der Waals surface area contributed by atoms with E-state index in [2.05, 4.69) is 26.1 Å². The highest BCUT2D eigenvalue weighted by Gasteiger charge is 2.15. The highest BCUT2D eigenvalue weighted by atomic mass is 16.5. The van der Waals surface area contributed by atoms with Gasteiger partial charge in [-0.05, 0) is 23.8 Å². The molecule has 0 aliphatic heterocycles. The van der Waals surface area contributed by atoms with E-state index < -0.39 is 6.09 Å². The van der Waals surface area contributed by atoms with Gasteiger partial charge in [0, 0.05) is 0 Å². The number of benzene rings is 1. The van der Waals surface area contributed by atoms with Gasteiger partial charge in [-0.3, -0.25) is 0 Å². The Morgan fingerprint density at radius 1 is 1.29 bits per heavy atom. The highest BCUT2D eigenvalue weighted by Crippen LogP contribution is 2.22. The predicted octanol–water partition coefficient (Wildman–Crippen LogP) is 3.49. The summed E-state index contributed by atoms with van der Waals surface area (Å²) in [5.41, 5.74) is 1.22. The molecule has 4 nitrogen and oxygen atoms in total. The van der Waals surface area contributed by atoms with Crippen molar-refractivity contribution >= 4 is 6.09 Å². The van der Waals surface area contributed by atoms with E-state index in [1.807, 2.05) is 30.3 Å². The quantitative estimate of drug-likeness (QED) is 0.809. The van der Waals surface area contributed by atoms with Crippen LogP contribution in [-0.2, 0) is 11.3 Å². The molecule has 0 heterocycles. The van der Waals surface area contributed by atoms with Gasteiger partial charge in [0.05, 0.1) is 12.6 Å². The summed E-state index contributed by atoms with van der Waals surface area (Å²) in [7, 11) is 0. The molecule has 4 heteroatoms. The molecule has 0 saturated heterocycles. The van der Waals surface area contributed by atoms with Gasteiger partial charge in [-0.1, -0.05) is 57.5 Å².